The summed E-state index contributed by atoms with van der Waals surface area (Å²) in [5.41, 5.74) is 2.27. The first-order valence-corrected chi connectivity index (χ1v) is 9.78. The Morgan fingerprint density at radius 3 is 2.59 bits per heavy atom. The zero-order chi connectivity index (χ0) is 19.2. The summed E-state index contributed by atoms with van der Waals surface area (Å²) in [4.78, 5) is 26.5. The predicted octanol–water partition coefficient (Wildman–Crippen LogP) is 2.61. The van der Waals surface area contributed by atoms with Crippen molar-refractivity contribution in [1.29, 1.82) is 0 Å². The normalized spacial score (nSPS) is 20.3. The average molecular weight is 375 g/mol. The summed E-state index contributed by atoms with van der Waals surface area (Å²) in [7, 11) is 0. The molecule has 27 heavy (non-hydrogen) atoms. The molecule has 2 fully saturated rings. The highest BCUT2D eigenvalue weighted by atomic mass is 16.6. The summed E-state index contributed by atoms with van der Waals surface area (Å²) in [6.07, 6.45) is 3.35. The van der Waals surface area contributed by atoms with Crippen LogP contribution in [0.2, 0.25) is 0 Å². The van der Waals surface area contributed by atoms with Crippen LogP contribution < -0.4 is 0 Å². The molecule has 148 valence electrons. The Bertz CT molecular complexity index is 634. The molecule has 2 atom stereocenters. The van der Waals surface area contributed by atoms with Gasteiger partial charge in [0.1, 0.15) is 0 Å². The van der Waals surface area contributed by atoms with Gasteiger partial charge in [0, 0.05) is 19.2 Å². The van der Waals surface area contributed by atoms with Crippen LogP contribution in [0.3, 0.4) is 0 Å². The number of carbonyl (C=O) groups is 2. The fraction of sp³-hybridized carbons (Fsp3) is 0.619. The fourth-order valence-corrected chi connectivity index (χ4v) is 3.13. The van der Waals surface area contributed by atoms with Crippen LogP contribution in [0.5, 0.6) is 0 Å². The first kappa shape index (κ1) is 19.8. The molecule has 1 aliphatic carbocycles. The van der Waals surface area contributed by atoms with E-state index in [1.807, 2.05) is 36.1 Å². The van der Waals surface area contributed by atoms with Crippen LogP contribution in [-0.2, 0) is 30.3 Å². The molecule has 1 aliphatic heterocycles. The van der Waals surface area contributed by atoms with Crippen molar-refractivity contribution in [2.24, 2.45) is 0 Å². The zero-order valence-electron chi connectivity index (χ0n) is 16.2. The highest BCUT2D eigenvalue weighted by Crippen LogP contribution is 2.28. The number of benzene rings is 1. The second-order valence-corrected chi connectivity index (χ2v) is 7.46. The summed E-state index contributed by atoms with van der Waals surface area (Å²) >= 11 is 0. The highest BCUT2D eigenvalue weighted by Gasteiger charge is 2.33. The Balaban J connectivity index is 1.44. The number of aryl methyl sites for hydroxylation is 1. The lowest BCUT2D eigenvalue weighted by Gasteiger charge is -2.23. The minimum absolute atomic E-state index is 0.0572. The van der Waals surface area contributed by atoms with Crippen molar-refractivity contribution in [1.82, 2.24) is 4.90 Å². The van der Waals surface area contributed by atoms with E-state index in [-0.39, 0.29) is 24.7 Å². The van der Waals surface area contributed by atoms with Crippen LogP contribution in [0.15, 0.2) is 24.3 Å². The molecule has 1 heterocycles. The maximum atomic E-state index is 12.6. The van der Waals surface area contributed by atoms with Gasteiger partial charge in [0.15, 0.2) is 12.7 Å². The number of esters is 1. The molecule has 1 saturated heterocycles. The maximum Gasteiger partial charge on any atom is 0.335 e. The van der Waals surface area contributed by atoms with Crippen LogP contribution in [-0.4, -0.2) is 54.8 Å². The van der Waals surface area contributed by atoms with Gasteiger partial charge in [0.05, 0.1) is 12.7 Å². The molecule has 1 aromatic rings. The van der Waals surface area contributed by atoms with Gasteiger partial charge in [-0.2, -0.15) is 0 Å². The molecule has 1 saturated carbocycles. The van der Waals surface area contributed by atoms with Gasteiger partial charge >= 0.3 is 5.97 Å². The molecule has 6 heteroatoms. The van der Waals surface area contributed by atoms with E-state index in [0.29, 0.717) is 13.2 Å². The number of ether oxygens (including phenoxy) is 3. The van der Waals surface area contributed by atoms with Crippen molar-refractivity contribution in [3.8, 4) is 0 Å². The van der Waals surface area contributed by atoms with Crippen LogP contribution in [0.25, 0.3) is 0 Å². The second-order valence-electron chi connectivity index (χ2n) is 7.46. The summed E-state index contributed by atoms with van der Waals surface area (Å²) in [6, 6.07) is 8.40. The highest BCUT2D eigenvalue weighted by molar-refractivity contribution is 5.82. The molecular weight excluding hydrogens is 346 g/mol. The number of hydrogen-bond donors (Lipinski definition) is 0. The zero-order valence-corrected chi connectivity index (χ0v) is 16.2. The lowest BCUT2D eigenvalue weighted by atomic mass is 10.1. The second kappa shape index (κ2) is 9.33. The molecule has 3 rings (SSSR count). The Hall–Kier alpha value is -1.92. The summed E-state index contributed by atoms with van der Waals surface area (Å²) in [6.45, 7) is 5.12. The van der Waals surface area contributed by atoms with Crippen molar-refractivity contribution in [3.05, 3.63) is 35.4 Å². The Morgan fingerprint density at radius 1 is 1.22 bits per heavy atom. The molecule has 0 bridgehead atoms. The van der Waals surface area contributed by atoms with Crippen LogP contribution in [0, 0.1) is 6.92 Å². The van der Waals surface area contributed by atoms with Crippen LogP contribution in [0.1, 0.15) is 43.7 Å². The first-order chi connectivity index (χ1) is 13.0. The van der Waals surface area contributed by atoms with Crippen molar-refractivity contribution in [3.63, 3.8) is 0 Å². The van der Waals surface area contributed by atoms with Crippen molar-refractivity contribution in [2.75, 3.05) is 19.8 Å². The molecule has 0 N–H and O–H groups in total. The molecule has 0 aromatic heterocycles. The lowest BCUT2D eigenvalue weighted by molar-refractivity contribution is -0.163. The van der Waals surface area contributed by atoms with E-state index < -0.39 is 12.1 Å². The molecule has 6 nitrogen and oxygen atoms in total. The van der Waals surface area contributed by atoms with E-state index in [1.54, 1.807) is 6.92 Å². The van der Waals surface area contributed by atoms with Crippen molar-refractivity contribution < 1.29 is 23.8 Å². The molecule has 2 aliphatic rings. The smallest absolute Gasteiger partial charge is 0.335 e. The molecule has 1 amide bonds. The predicted molar refractivity (Wildman–Crippen MR) is 100 cm³/mol. The third-order valence-electron chi connectivity index (χ3n) is 5.01. The number of nitrogens with zero attached hydrogens (tertiary/aromatic N) is 1. The molecular formula is C21H29NO5. The van der Waals surface area contributed by atoms with Gasteiger partial charge in [0.25, 0.3) is 5.91 Å². The average Bonchev–Trinajstić information content (AvgIpc) is 3.37. The lowest BCUT2D eigenvalue weighted by Crippen LogP contribution is -2.37. The topological polar surface area (TPSA) is 65.1 Å². The summed E-state index contributed by atoms with van der Waals surface area (Å²) < 4.78 is 16.2. The van der Waals surface area contributed by atoms with Gasteiger partial charge in [-0.15, -0.1) is 0 Å². The van der Waals surface area contributed by atoms with E-state index in [9.17, 15) is 9.59 Å². The van der Waals surface area contributed by atoms with Crippen molar-refractivity contribution >= 4 is 11.9 Å². The van der Waals surface area contributed by atoms with E-state index in [0.717, 1.165) is 37.9 Å². The maximum absolute atomic E-state index is 12.6. The number of amides is 1. The molecule has 0 spiro atoms. The number of hydrogen-bond acceptors (Lipinski definition) is 5. The Labute approximate surface area is 160 Å². The van der Waals surface area contributed by atoms with Crippen LogP contribution in [0.4, 0.5) is 0 Å². The van der Waals surface area contributed by atoms with Gasteiger partial charge in [-0.25, -0.2) is 4.79 Å². The molecule has 2 unspecified atom stereocenters. The third-order valence-corrected chi connectivity index (χ3v) is 5.01. The largest absolute Gasteiger partial charge is 0.454 e. The minimum Gasteiger partial charge on any atom is -0.454 e. The molecule has 0 radical (unpaired) electrons. The number of carbonyl (C=O) groups excluding carboxylic acids is 2. The van der Waals surface area contributed by atoms with Crippen LogP contribution >= 0.6 is 0 Å². The summed E-state index contributed by atoms with van der Waals surface area (Å²) in [5, 5.41) is 0. The van der Waals surface area contributed by atoms with Gasteiger partial charge in [-0.1, -0.05) is 29.8 Å². The third kappa shape index (κ3) is 6.04. The van der Waals surface area contributed by atoms with E-state index in [4.69, 9.17) is 14.2 Å². The first-order valence-electron chi connectivity index (χ1n) is 9.78. The molecule has 1 aromatic carbocycles. The van der Waals surface area contributed by atoms with Gasteiger partial charge in [-0.05, 0) is 45.1 Å². The summed E-state index contributed by atoms with van der Waals surface area (Å²) in [5.74, 6) is -0.662. The SMILES string of the molecule is Cc1ccc(CN(C(=O)COC(=O)C(C)OCC2CCCO2)C2CC2)cc1. The van der Waals surface area contributed by atoms with Gasteiger partial charge in [0.2, 0.25) is 0 Å². The quantitative estimate of drug-likeness (QED) is 0.621. The minimum atomic E-state index is -0.700. The standard InChI is InChI=1S/C21H29NO5/c1-15-5-7-17(8-6-15)12-22(18-9-10-18)20(23)14-27-21(24)16(2)26-13-19-4-3-11-25-19/h5-8,16,18-19H,3-4,9-14H2,1-2H3. The van der Waals surface area contributed by atoms with E-state index >= 15 is 0 Å². The Morgan fingerprint density at radius 2 is 1.96 bits per heavy atom. The van der Waals surface area contributed by atoms with Gasteiger partial charge in [-0.3, -0.25) is 4.79 Å². The number of rotatable bonds is 9. The van der Waals surface area contributed by atoms with Gasteiger partial charge < -0.3 is 19.1 Å². The van der Waals surface area contributed by atoms with E-state index in [2.05, 4.69) is 0 Å². The van der Waals surface area contributed by atoms with E-state index in [1.165, 1.54) is 5.56 Å². The Kier molecular flexibility index (Phi) is 6.85. The monoisotopic (exact) mass is 375 g/mol. The van der Waals surface area contributed by atoms with Crippen molar-refractivity contribution in [2.45, 2.75) is 64.3 Å². The fourth-order valence-electron chi connectivity index (χ4n) is 3.13.